The SMILES string of the molecule is O=C1CC(c2ccc(Cl)cc2Br)CN1. The van der Waals surface area contributed by atoms with E-state index in [1.165, 1.54) is 0 Å². The van der Waals surface area contributed by atoms with Crippen molar-refractivity contribution in [2.45, 2.75) is 12.3 Å². The third kappa shape index (κ3) is 1.93. The van der Waals surface area contributed by atoms with Gasteiger partial charge in [0, 0.05) is 28.4 Å². The monoisotopic (exact) mass is 273 g/mol. The van der Waals surface area contributed by atoms with Crippen molar-refractivity contribution in [3.05, 3.63) is 33.3 Å². The summed E-state index contributed by atoms with van der Waals surface area (Å²) in [5.41, 5.74) is 1.15. The van der Waals surface area contributed by atoms with Crippen LogP contribution in [-0.2, 0) is 4.79 Å². The predicted octanol–water partition coefficient (Wildman–Crippen LogP) is 2.71. The molecule has 0 aliphatic carbocycles. The van der Waals surface area contributed by atoms with Gasteiger partial charge in [0.15, 0.2) is 0 Å². The van der Waals surface area contributed by atoms with Crippen LogP contribution in [0.5, 0.6) is 0 Å². The molecule has 1 aromatic rings. The fraction of sp³-hybridized carbons (Fsp3) is 0.300. The van der Waals surface area contributed by atoms with Gasteiger partial charge in [0.25, 0.3) is 0 Å². The molecule has 1 fully saturated rings. The van der Waals surface area contributed by atoms with E-state index in [1.807, 2.05) is 18.2 Å². The minimum atomic E-state index is 0.122. The summed E-state index contributed by atoms with van der Waals surface area (Å²) in [4.78, 5) is 11.1. The van der Waals surface area contributed by atoms with Crippen LogP contribution in [-0.4, -0.2) is 12.5 Å². The maximum absolute atomic E-state index is 11.1. The number of benzene rings is 1. The van der Waals surface area contributed by atoms with Crippen molar-refractivity contribution in [2.75, 3.05) is 6.54 Å². The Morgan fingerprint density at radius 1 is 1.50 bits per heavy atom. The molecule has 0 saturated carbocycles. The number of halogens is 2. The van der Waals surface area contributed by atoms with Crippen LogP contribution >= 0.6 is 27.5 Å². The molecule has 1 aliphatic rings. The van der Waals surface area contributed by atoms with Gasteiger partial charge in [-0.05, 0) is 17.7 Å². The van der Waals surface area contributed by atoms with Crippen LogP contribution in [0.1, 0.15) is 17.9 Å². The number of carbonyl (C=O) groups excluding carboxylic acids is 1. The number of hydrogen-bond donors (Lipinski definition) is 1. The number of rotatable bonds is 1. The second-order valence-electron chi connectivity index (χ2n) is 3.37. The minimum absolute atomic E-state index is 0.122. The summed E-state index contributed by atoms with van der Waals surface area (Å²) in [5, 5.41) is 3.52. The number of amides is 1. The van der Waals surface area contributed by atoms with E-state index in [2.05, 4.69) is 21.2 Å². The predicted molar refractivity (Wildman–Crippen MR) is 59.5 cm³/mol. The van der Waals surface area contributed by atoms with Crippen LogP contribution in [0.4, 0.5) is 0 Å². The van der Waals surface area contributed by atoms with E-state index in [4.69, 9.17) is 11.6 Å². The summed E-state index contributed by atoms with van der Waals surface area (Å²) in [6, 6.07) is 5.68. The summed E-state index contributed by atoms with van der Waals surface area (Å²) in [7, 11) is 0. The fourth-order valence-electron chi connectivity index (χ4n) is 1.66. The summed E-state index contributed by atoms with van der Waals surface area (Å²) in [6.07, 6.45) is 0.570. The van der Waals surface area contributed by atoms with Crippen LogP contribution in [0, 0.1) is 0 Å². The molecule has 4 heteroatoms. The first-order chi connectivity index (χ1) is 6.66. The lowest BCUT2D eigenvalue weighted by Gasteiger charge is -2.09. The first-order valence-electron chi connectivity index (χ1n) is 4.38. The molecular formula is C10H9BrClNO. The van der Waals surface area contributed by atoms with E-state index in [9.17, 15) is 4.79 Å². The molecule has 0 radical (unpaired) electrons. The normalized spacial score (nSPS) is 21.0. The Morgan fingerprint density at radius 2 is 2.29 bits per heavy atom. The molecule has 74 valence electrons. The van der Waals surface area contributed by atoms with Crippen LogP contribution in [0.2, 0.25) is 5.02 Å². The Labute approximate surface area is 95.8 Å². The van der Waals surface area contributed by atoms with Gasteiger partial charge in [-0.1, -0.05) is 33.6 Å². The molecule has 2 rings (SSSR count). The van der Waals surface area contributed by atoms with Gasteiger partial charge in [-0.2, -0.15) is 0 Å². The van der Waals surface area contributed by atoms with Gasteiger partial charge < -0.3 is 5.32 Å². The van der Waals surface area contributed by atoms with Crippen molar-refractivity contribution >= 4 is 33.4 Å². The second kappa shape index (κ2) is 3.91. The maximum atomic E-state index is 11.1. The van der Waals surface area contributed by atoms with Crippen LogP contribution in [0.3, 0.4) is 0 Å². The van der Waals surface area contributed by atoms with Gasteiger partial charge >= 0.3 is 0 Å². The van der Waals surface area contributed by atoms with E-state index < -0.39 is 0 Å². The average molecular weight is 275 g/mol. The lowest BCUT2D eigenvalue weighted by Crippen LogP contribution is -2.13. The summed E-state index contributed by atoms with van der Waals surface area (Å²) in [6.45, 7) is 0.721. The molecule has 0 bridgehead atoms. The Bertz CT molecular complexity index is 380. The molecule has 0 aromatic heterocycles. The summed E-state index contributed by atoms with van der Waals surface area (Å²) >= 11 is 9.29. The fourth-order valence-corrected chi connectivity index (χ4v) is 2.66. The molecule has 0 spiro atoms. The molecule has 1 N–H and O–H groups in total. The molecule has 1 heterocycles. The van der Waals surface area contributed by atoms with E-state index in [0.29, 0.717) is 11.4 Å². The number of nitrogens with one attached hydrogen (secondary N) is 1. The quantitative estimate of drug-likeness (QED) is 0.838. The van der Waals surface area contributed by atoms with Gasteiger partial charge in [0.2, 0.25) is 5.91 Å². The third-order valence-corrected chi connectivity index (χ3v) is 3.30. The van der Waals surface area contributed by atoms with Crippen molar-refractivity contribution < 1.29 is 4.79 Å². The molecule has 1 amide bonds. The topological polar surface area (TPSA) is 29.1 Å². The van der Waals surface area contributed by atoms with Gasteiger partial charge in [0.1, 0.15) is 0 Å². The van der Waals surface area contributed by atoms with Crippen molar-refractivity contribution in [2.24, 2.45) is 0 Å². The first kappa shape index (κ1) is 9.99. The highest BCUT2D eigenvalue weighted by Gasteiger charge is 2.24. The molecule has 1 atom stereocenters. The highest BCUT2D eigenvalue weighted by molar-refractivity contribution is 9.10. The number of carbonyl (C=O) groups is 1. The lowest BCUT2D eigenvalue weighted by molar-refractivity contribution is -0.119. The largest absolute Gasteiger partial charge is 0.355 e. The van der Waals surface area contributed by atoms with E-state index in [1.54, 1.807) is 0 Å². The molecule has 1 unspecified atom stereocenters. The smallest absolute Gasteiger partial charge is 0.220 e. The van der Waals surface area contributed by atoms with Crippen molar-refractivity contribution in [3.63, 3.8) is 0 Å². The maximum Gasteiger partial charge on any atom is 0.220 e. The second-order valence-corrected chi connectivity index (χ2v) is 4.66. The standard InChI is InChI=1S/C10H9BrClNO/c11-9-4-7(12)1-2-8(9)6-3-10(14)13-5-6/h1-2,4,6H,3,5H2,(H,13,14). The minimum Gasteiger partial charge on any atom is -0.355 e. The Hall–Kier alpha value is -0.540. The third-order valence-electron chi connectivity index (χ3n) is 2.38. The van der Waals surface area contributed by atoms with Gasteiger partial charge in [-0.25, -0.2) is 0 Å². The lowest BCUT2D eigenvalue weighted by atomic mass is 9.98. The van der Waals surface area contributed by atoms with Crippen molar-refractivity contribution in [1.29, 1.82) is 0 Å². The Morgan fingerprint density at radius 3 is 2.86 bits per heavy atom. The summed E-state index contributed by atoms with van der Waals surface area (Å²) < 4.78 is 0.978. The van der Waals surface area contributed by atoms with E-state index in [-0.39, 0.29) is 11.8 Å². The van der Waals surface area contributed by atoms with E-state index >= 15 is 0 Å². The van der Waals surface area contributed by atoms with Gasteiger partial charge in [-0.15, -0.1) is 0 Å². The molecule has 2 nitrogen and oxygen atoms in total. The Balaban J connectivity index is 2.28. The molecule has 1 aliphatic heterocycles. The number of hydrogen-bond acceptors (Lipinski definition) is 1. The zero-order chi connectivity index (χ0) is 10.1. The van der Waals surface area contributed by atoms with Crippen LogP contribution < -0.4 is 5.32 Å². The molecular weight excluding hydrogens is 265 g/mol. The zero-order valence-electron chi connectivity index (χ0n) is 7.39. The molecule has 1 saturated heterocycles. The van der Waals surface area contributed by atoms with Gasteiger partial charge in [-0.3, -0.25) is 4.79 Å². The highest BCUT2D eigenvalue weighted by Crippen LogP contribution is 2.31. The van der Waals surface area contributed by atoms with Crippen LogP contribution in [0.25, 0.3) is 0 Å². The van der Waals surface area contributed by atoms with Crippen molar-refractivity contribution in [1.82, 2.24) is 5.32 Å². The zero-order valence-corrected chi connectivity index (χ0v) is 9.73. The Kier molecular flexibility index (Phi) is 2.79. The first-order valence-corrected chi connectivity index (χ1v) is 5.55. The van der Waals surface area contributed by atoms with Crippen molar-refractivity contribution in [3.8, 4) is 0 Å². The van der Waals surface area contributed by atoms with Gasteiger partial charge in [0.05, 0.1) is 0 Å². The van der Waals surface area contributed by atoms with Crippen LogP contribution in [0.15, 0.2) is 22.7 Å². The molecule has 1 aromatic carbocycles. The average Bonchev–Trinajstić information content (AvgIpc) is 2.51. The highest BCUT2D eigenvalue weighted by atomic mass is 79.9. The van der Waals surface area contributed by atoms with E-state index in [0.717, 1.165) is 16.6 Å². The molecule has 14 heavy (non-hydrogen) atoms. The summed E-state index contributed by atoms with van der Waals surface area (Å²) in [5.74, 6) is 0.394.